The maximum Gasteiger partial charge on any atom is 0.338 e. The Labute approximate surface area is 188 Å². The minimum absolute atomic E-state index is 0.0912. The molecule has 5 fully saturated rings. The molecule has 0 bridgehead atoms. The van der Waals surface area contributed by atoms with E-state index in [2.05, 4.69) is 0 Å². The highest BCUT2D eigenvalue weighted by Gasteiger charge is 2.64. The fourth-order valence-electron chi connectivity index (χ4n) is 5.99. The minimum Gasteiger partial charge on any atom is -0.459 e. The first-order valence-corrected chi connectivity index (χ1v) is 12.2. The van der Waals surface area contributed by atoms with Gasteiger partial charge in [-0.3, -0.25) is 0 Å². The second-order valence-electron chi connectivity index (χ2n) is 9.82. The van der Waals surface area contributed by atoms with Crippen LogP contribution in [0, 0.1) is 0 Å². The Balaban J connectivity index is 1.21. The van der Waals surface area contributed by atoms with Crippen molar-refractivity contribution in [3.05, 3.63) is 35.9 Å². The standard InChI is InChI=1S/C25H32O7/c26-22(17-10-4-1-5-11-17)27-16-18-19-20(30-24(29-19)12-6-2-7-13-24)21-23(28-18)32-25(31-21)14-8-3-9-15-25/h1,4-5,10-11,18-21,23H,2-3,6-9,12-16H2/t18-,19+,20+,21-,23+/m1/s1. The fourth-order valence-corrected chi connectivity index (χ4v) is 5.99. The molecule has 2 spiro atoms. The normalized spacial score (nSPS) is 37.2. The highest BCUT2D eigenvalue weighted by atomic mass is 16.9. The molecule has 5 aliphatic rings. The summed E-state index contributed by atoms with van der Waals surface area (Å²) in [6, 6.07) is 9.01. The van der Waals surface area contributed by atoms with Crippen LogP contribution >= 0.6 is 0 Å². The van der Waals surface area contributed by atoms with Gasteiger partial charge < -0.3 is 28.4 Å². The second kappa shape index (κ2) is 8.37. The first-order valence-electron chi connectivity index (χ1n) is 12.2. The summed E-state index contributed by atoms with van der Waals surface area (Å²) in [7, 11) is 0. The number of hydrogen-bond acceptors (Lipinski definition) is 7. The number of carbonyl (C=O) groups is 1. The maximum absolute atomic E-state index is 12.5. The van der Waals surface area contributed by atoms with Crippen molar-refractivity contribution in [2.45, 2.75) is 106 Å². The molecule has 1 aromatic rings. The molecular weight excluding hydrogens is 412 g/mol. The molecule has 1 aromatic carbocycles. The Morgan fingerprint density at radius 2 is 1.38 bits per heavy atom. The van der Waals surface area contributed by atoms with E-state index in [1.807, 2.05) is 18.2 Å². The van der Waals surface area contributed by atoms with Crippen molar-refractivity contribution < 1.29 is 33.2 Å². The van der Waals surface area contributed by atoms with Crippen LogP contribution in [0.25, 0.3) is 0 Å². The smallest absolute Gasteiger partial charge is 0.338 e. The third kappa shape index (κ3) is 3.78. The number of benzene rings is 1. The van der Waals surface area contributed by atoms with Gasteiger partial charge in [-0.15, -0.1) is 0 Å². The van der Waals surface area contributed by atoms with Gasteiger partial charge in [-0.05, 0) is 37.8 Å². The van der Waals surface area contributed by atoms with E-state index < -0.39 is 24.0 Å². The van der Waals surface area contributed by atoms with E-state index in [9.17, 15) is 4.79 Å². The molecule has 0 unspecified atom stereocenters. The SMILES string of the molecule is O=C(OC[C@H]1O[C@H]2OC3(CCCCC3)O[C@@H]2[C@H]2OC3(CCCCC3)O[C@H]21)c1ccccc1. The molecular formula is C25H32O7. The summed E-state index contributed by atoms with van der Waals surface area (Å²) in [6.07, 6.45) is 8.32. The summed E-state index contributed by atoms with van der Waals surface area (Å²) in [4.78, 5) is 12.5. The highest BCUT2D eigenvalue weighted by Crippen LogP contribution is 2.50. The van der Waals surface area contributed by atoms with Crippen LogP contribution in [0.3, 0.4) is 0 Å². The van der Waals surface area contributed by atoms with Crippen molar-refractivity contribution in [3.8, 4) is 0 Å². The lowest BCUT2D eigenvalue weighted by atomic mass is 9.94. The highest BCUT2D eigenvalue weighted by molar-refractivity contribution is 5.89. The monoisotopic (exact) mass is 444 g/mol. The van der Waals surface area contributed by atoms with Crippen molar-refractivity contribution in [2.24, 2.45) is 0 Å². The number of hydrogen-bond donors (Lipinski definition) is 0. The zero-order chi connectivity index (χ0) is 21.6. The van der Waals surface area contributed by atoms with E-state index in [0.717, 1.165) is 51.4 Å². The molecule has 2 saturated carbocycles. The first-order chi connectivity index (χ1) is 15.7. The molecule has 2 aliphatic carbocycles. The van der Waals surface area contributed by atoms with Crippen molar-refractivity contribution in [1.29, 1.82) is 0 Å². The molecule has 174 valence electrons. The summed E-state index contributed by atoms with van der Waals surface area (Å²) >= 11 is 0. The molecule has 0 N–H and O–H groups in total. The van der Waals surface area contributed by atoms with E-state index in [0.29, 0.717) is 5.56 Å². The van der Waals surface area contributed by atoms with Crippen LogP contribution in [0.5, 0.6) is 0 Å². The van der Waals surface area contributed by atoms with Crippen molar-refractivity contribution >= 4 is 5.97 Å². The number of carbonyl (C=O) groups excluding carboxylic acids is 1. The average molecular weight is 445 g/mol. The topological polar surface area (TPSA) is 72.5 Å². The van der Waals surface area contributed by atoms with Crippen LogP contribution in [0.4, 0.5) is 0 Å². The molecule has 7 nitrogen and oxygen atoms in total. The maximum atomic E-state index is 12.5. The second-order valence-corrected chi connectivity index (χ2v) is 9.82. The number of fused-ring (bicyclic) bond motifs is 3. The van der Waals surface area contributed by atoms with Crippen LogP contribution in [0.2, 0.25) is 0 Å². The van der Waals surface area contributed by atoms with Gasteiger partial charge in [0.2, 0.25) is 0 Å². The minimum atomic E-state index is -0.584. The van der Waals surface area contributed by atoms with Gasteiger partial charge in [0.15, 0.2) is 17.9 Å². The summed E-state index contributed by atoms with van der Waals surface area (Å²) in [5, 5.41) is 0. The predicted molar refractivity (Wildman–Crippen MR) is 113 cm³/mol. The van der Waals surface area contributed by atoms with Gasteiger partial charge in [-0.1, -0.05) is 31.0 Å². The summed E-state index contributed by atoms with van der Waals surface area (Å²) in [5.74, 6) is -1.54. The molecule has 3 heterocycles. The lowest BCUT2D eigenvalue weighted by Crippen LogP contribution is -2.56. The zero-order valence-electron chi connectivity index (χ0n) is 18.4. The van der Waals surface area contributed by atoms with Gasteiger partial charge in [0, 0.05) is 25.7 Å². The third-order valence-electron chi connectivity index (χ3n) is 7.59. The van der Waals surface area contributed by atoms with Crippen molar-refractivity contribution in [2.75, 3.05) is 6.61 Å². The van der Waals surface area contributed by atoms with E-state index in [4.69, 9.17) is 28.4 Å². The molecule has 0 amide bonds. The predicted octanol–water partition coefficient (Wildman–Crippen LogP) is 4.09. The fraction of sp³-hybridized carbons (Fsp3) is 0.720. The Kier molecular flexibility index (Phi) is 5.50. The van der Waals surface area contributed by atoms with Crippen molar-refractivity contribution in [3.63, 3.8) is 0 Å². The Hall–Kier alpha value is -1.51. The molecule has 5 atom stereocenters. The molecule has 32 heavy (non-hydrogen) atoms. The van der Waals surface area contributed by atoms with Crippen LogP contribution < -0.4 is 0 Å². The lowest BCUT2D eigenvalue weighted by Gasteiger charge is -2.36. The van der Waals surface area contributed by atoms with E-state index in [1.165, 1.54) is 12.8 Å². The van der Waals surface area contributed by atoms with Gasteiger partial charge >= 0.3 is 5.97 Å². The summed E-state index contributed by atoms with van der Waals surface area (Å²) in [5.41, 5.74) is 0.520. The molecule has 6 rings (SSSR count). The van der Waals surface area contributed by atoms with Gasteiger partial charge in [-0.2, -0.15) is 0 Å². The lowest BCUT2D eigenvalue weighted by molar-refractivity contribution is -0.254. The van der Waals surface area contributed by atoms with Crippen LogP contribution in [-0.2, 0) is 28.4 Å². The molecule has 3 aliphatic heterocycles. The quantitative estimate of drug-likeness (QED) is 0.650. The van der Waals surface area contributed by atoms with E-state index in [1.54, 1.807) is 12.1 Å². The van der Waals surface area contributed by atoms with Crippen LogP contribution in [0.15, 0.2) is 30.3 Å². The van der Waals surface area contributed by atoms with Gasteiger partial charge in [0.1, 0.15) is 31.0 Å². The number of esters is 1. The Morgan fingerprint density at radius 1 is 0.781 bits per heavy atom. The Bertz CT molecular complexity index is 815. The number of ether oxygens (including phenoxy) is 6. The summed E-state index contributed by atoms with van der Waals surface area (Å²) < 4.78 is 38.1. The summed E-state index contributed by atoms with van der Waals surface area (Å²) in [6.45, 7) is 0.0912. The molecule has 0 radical (unpaired) electrons. The largest absolute Gasteiger partial charge is 0.459 e. The van der Waals surface area contributed by atoms with Crippen LogP contribution in [0.1, 0.15) is 74.6 Å². The third-order valence-corrected chi connectivity index (χ3v) is 7.59. The van der Waals surface area contributed by atoms with Gasteiger partial charge in [0.25, 0.3) is 0 Å². The Morgan fingerprint density at radius 3 is 2.06 bits per heavy atom. The van der Waals surface area contributed by atoms with E-state index >= 15 is 0 Å². The van der Waals surface area contributed by atoms with E-state index in [-0.39, 0.29) is 30.9 Å². The van der Waals surface area contributed by atoms with Gasteiger partial charge in [0.05, 0.1) is 5.56 Å². The molecule has 0 aromatic heterocycles. The zero-order valence-corrected chi connectivity index (χ0v) is 18.4. The average Bonchev–Trinajstić information content (AvgIpc) is 3.37. The van der Waals surface area contributed by atoms with Gasteiger partial charge in [-0.25, -0.2) is 4.79 Å². The first kappa shape index (κ1) is 21.1. The number of rotatable bonds is 3. The van der Waals surface area contributed by atoms with Crippen molar-refractivity contribution in [1.82, 2.24) is 0 Å². The molecule has 3 saturated heterocycles. The molecule has 7 heteroatoms. The van der Waals surface area contributed by atoms with Crippen LogP contribution in [-0.4, -0.2) is 54.9 Å².